The Morgan fingerprint density at radius 3 is 2.94 bits per heavy atom. The summed E-state index contributed by atoms with van der Waals surface area (Å²) in [6, 6.07) is 12.6. The molecule has 6 nitrogen and oxygen atoms in total. The second kappa shape index (κ2) is 8.79. The molecule has 0 unspecified atom stereocenters. The number of rotatable bonds is 5. The Morgan fingerprint density at radius 1 is 1.13 bits per heavy atom. The van der Waals surface area contributed by atoms with Gasteiger partial charge in [-0.1, -0.05) is 25.1 Å². The standard InChI is InChI=1S/C25H31N5O/c1-2-13-30-25-20(16-26-30)11-12-22(27-25)21-9-5-14-28(17-21)18-24(31)29-15-6-8-19-7-3-4-10-23(19)29/h3-4,7,10-12,16,21H,2,5-6,8-9,13-15,17-18H2,1H3/t21-/m1/s1. The fourth-order valence-corrected chi connectivity index (χ4v) is 5.08. The van der Waals surface area contributed by atoms with Crippen molar-refractivity contribution in [2.24, 2.45) is 0 Å². The van der Waals surface area contributed by atoms with Gasteiger partial charge in [-0.2, -0.15) is 5.10 Å². The van der Waals surface area contributed by atoms with Crippen molar-refractivity contribution in [1.29, 1.82) is 0 Å². The van der Waals surface area contributed by atoms with Crippen LogP contribution in [0.1, 0.15) is 49.8 Å². The summed E-state index contributed by atoms with van der Waals surface area (Å²) in [4.78, 5) is 22.5. The summed E-state index contributed by atoms with van der Waals surface area (Å²) in [5, 5.41) is 5.59. The number of aryl methyl sites for hydroxylation is 2. The molecule has 0 saturated carbocycles. The quantitative estimate of drug-likeness (QED) is 0.630. The highest BCUT2D eigenvalue weighted by Crippen LogP contribution is 2.29. The van der Waals surface area contributed by atoms with Crippen molar-refractivity contribution >= 4 is 22.6 Å². The average molecular weight is 418 g/mol. The second-order valence-corrected chi connectivity index (χ2v) is 8.87. The number of carbonyl (C=O) groups is 1. The van der Waals surface area contributed by atoms with E-state index in [0.29, 0.717) is 12.5 Å². The van der Waals surface area contributed by atoms with Crippen molar-refractivity contribution in [2.75, 3.05) is 31.1 Å². The molecule has 4 heterocycles. The first-order valence-corrected chi connectivity index (χ1v) is 11.7. The van der Waals surface area contributed by atoms with Crippen LogP contribution in [0.3, 0.4) is 0 Å². The van der Waals surface area contributed by atoms with Crippen molar-refractivity contribution in [3.8, 4) is 0 Å². The molecule has 2 aromatic heterocycles. The molecule has 2 aliphatic heterocycles. The zero-order valence-electron chi connectivity index (χ0n) is 18.3. The summed E-state index contributed by atoms with van der Waals surface area (Å²) in [5.74, 6) is 0.585. The number of anilines is 1. The average Bonchev–Trinajstić information content (AvgIpc) is 3.21. The molecule has 3 aromatic rings. The van der Waals surface area contributed by atoms with E-state index in [1.165, 1.54) is 5.56 Å². The van der Waals surface area contributed by atoms with Gasteiger partial charge in [-0.05, 0) is 62.4 Å². The summed E-state index contributed by atoms with van der Waals surface area (Å²) in [6.07, 6.45) is 7.28. The lowest BCUT2D eigenvalue weighted by Gasteiger charge is -2.35. The van der Waals surface area contributed by atoms with Gasteiger partial charge in [0.15, 0.2) is 5.65 Å². The minimum atomic E-state index is 0.220. The van der Waals surface area contributed by atoms with Crippen LogP contribution < -0.4 is 4.90 Å². The van der Waals surface area contributed by atoms with Gasteiger partial charge in [-0.15, -0.1) is 0 Å². The monoisotopic (exact) mass is 417 g/mol. The third-order valence-corrected chi connectivity index (χ3v) is 6.64. The number of hydrogen-bond donors (Lipinski definition) is 0. The first kappa shape index (κ1) is 20.2. The maximum Gasteiger partial charge on any atom is 0.241 e. The zero-order valence-corrected chi connectivity index (χ0v) is 18.3. The van der Waals surface area contributed by atoms with Crippen LogP contribution in [0.4, 0.5) is 5.69 Å². The van der Waals surface area contributed by atoms with Gasteiger partial charge in [0.05, 0.1) is 12.7 Å². The van der Waals surface area contributed by atoms with Crippen molar-refractivity contribution < 1.29 is 4.79 Å². The van der Waals surface area contributed by atoms with E-state index in [4.69, 9.17) is 4.98 Å². The summed E-state index contributed by atoms with van der Waals surface area (Å²) in [5.41, 5.74) is 4.51. The lowest BCUT2D eigenvalue weighted by atomic mass is 9.94. The first-order chi connectivity index (χ1) is 15.2. The minimum Gasteiger partial charge on any atom is -0.311 e. The van der Waals surface area contributed by atoms with Gasteiger partial charge in [0.2, 0.25) is 5.91 Å². The number of aromatic nitrogens is 3. The second-order valence-electron chi connectivity index (χ2n) is 8.87. The molecule has 2 aliphatic rings. The van der Waals surface area contributed by atoms with E-state index in [-0.39, 0.29) is 5.91 Å². The van der Waals surface area contributed by atoms with Crippen LogP contribution in [0.15, 0.2) is 42.6 Å². The van der Waals surface area contributed by atoms with Gasteiger partial charge in [-0.3, -0.25) is 9.69 Å². The molecular formula is C25H31N5O. The first-order valence-electron chi connectivity index (χ1n) is 11.7. The Hall–Kier alpha value is -2.73. The van der Waals surface area contributed by atoms with Crippen LogP contribution in [0.2, 0.25) is 0 Å². The molecule has 0 radical (unpaired) electrons. The number of likely N-dealkylation sites (tertiary alicyclic amines) is 1. The van der Waals surface area contributed by atoms with E-state index in [1.807, 2.05) is 21.8 Å². The number of para-hydroxylation sites is 1. The number of benzene rings is 1. The molecule has 0 aliphatic carbocycles. The Kier molecular flexibility index (Phi) is 5.72. The van der Waals surface area contributed by atoms with Gasteiger partial charge in [0.1, 0.15) is 0 Å². The third kappa shape index (κ3) is 4.09. The van der Waals surface area contributed by atoms with Crippen LogP contribution in [0.5, 0.6) is 0 Å². The number of piperidine rings is 1. The van der Waals surface area contributed by atoms with Crippen molar-refractivity contribution in [2.45, 2.75) is 51.5 Å². The maximum atomic E-state index is 13.2. The van der Waals surface area contributed by atoms with Crippen LogP contribution >= 0.6 is 0 Å². The smallest absolute Gasteiger partial charge is 0.241 e. The van der Waals surface area contributed by atoms with E-state index >= 15 is 0 Å². The van der Waals surface area contributed by atoms with Crippen molar-refractivity contribution in [3.63, 3.8) is 0 Å². The highest BCUT2D eigenvalue weighted by atomic mass is 16.2. The van der Waals surface area contributed by atoms with E-state index in [1.54, 1.807) is 0 Å². The fourth-order valence-electron chi connectivity index (χ4n) is 5.08. The fraction of sp³-hybridized carbons (Fsp3) is 0.480. The van der Waals surface area contributed by atoms with Crippen LogP contribution in [0.25, 0.3) is 11.0 Å². The number of fused-ring (bicyclic) bond motifs is 2. The van der Waals surface area contributed by atoms with Crippen LogP contribution in [-0.2, 0) is 17.8 Å². The Morgan fingerprint density at radius 2 is 2.03 bits per heavy atom. The predicted molar refractivity (Wildman–Crippen MR) is 123 cm³/mol. The van der Waals surface area contributed by atoms with Gasteiger partial charge >= 0.3 is 0 Å². The number of carbonyl (C=O) groups excluding carboxylic acids is 1. The molecule has 5 rings (SSSR count). The number of hydrogen-bond acceptors (Lipinski definition) is 4. The maximum absolute atomic E-state index is 13.2. The molecule has 1 amide bonds. The van der Waals surface area contributed by atoms with Gasteiger partial charge in [0.25, 0.3) is 0 Å². The third-order valence-electron chi connectivity index (χ3n) is 6.64. The zero-order chi connectivity index (χ0) is 21.2. The molecule has 1 aromatic carbocycles. The lowest BCUT2D eigenvalue weighted by molar-refractivity contribution is -0.120. The molecule has 1 fully saturated rings. The lowest BCUT2D eigenvalue weighted by Crippen LogP contribution is -2.45. The van der Waals surface area contributed by atoms with Crippen LogP contribution in [-0.4, -0.2) is 51.8 Å². The number of nitrogens with zero attached hydrogens (tertiary/aromatic N) is 5. The van der Waals surface area contributed by atoms with E-state index in [0.717, 1.165) is 80.7 Å². The molecule has 0 N–H and O–H groups in total. The van der Waals surface area contributed by atoms with Gasteiger partial charge in [-0.25, -0.2) is 9.67 Å². The summed E-state index contributed by atoms with van der Waals surface area (Å²) in [6.45, 7) is 6.24. The summed E-state index contributed by atoms with van der Waals surface area (Å²) in [7, 11) is 0. The van der Waals surface area contributed by atoms with E-state index in [9.17, 15) is 4.79 Å². The van der Waals surface area contributed by atoms with Crippen LogP contribution in [0, 0.1) is 0 Å². The van der Waals surface area contributed by atoms with Crippen molar-refractivity contribution in [3.05, 3.63) is 53.9 Å². The topological polar surface area (TPSA) is 54.3 Å². The molecule has 0 spiro atoms. The number of amides is 1. The molecular weight excluding hydrogens is 386 g/mol. The SMILES string of the molecule is CCCn1ncc2ccc([C@@H]3CCCN(CC(=O)N4CCCc5ccccc54)C3)nc21. The normalized spacial score (nSPS) is 19.5. The number of pyridine rings is 1. The summed E-state index contributed by atoms with van der Waals surface area (Å²) < 4.78 is 2.01. The Balaban J connectivity index is 1.29. The molecule has 1 saturated heterocycles. The predicted octanol–water partition coefficient (Wildman–Crippen LogP) is 4.00. The van der Waals surface area contributed by atoms with E-state index in [2.05, 4.69) is 47.3 Å². The molecule has 1 atom stereocenters. The molecule has 162 valence electrons. The minimum absolute atomic E-state index is 0.220. The largest absolute Gasteiger partial charge is 0.311 e. The Labute approximate surface area is 183 Å². The van der Waals surface area contributed by atoms with Crippen molar-refractivity contribution in [1.82, 2.24) is 19.7 Å². The molecule has 6 heteroatoms. The van der Waals surface area contributed by atoms with Gasteiger partial charge < -0.3 is 4.90 Å². The van der Waals surface area contributed by atoms with Gasteiger partial charge in [0, 0.05) is 42.3 Å². The highest BCUT2D eigenvalue weighted by Gasteiger charge is 2.28. The van der Waals surface area contributed by atoms with E-state index < -0.39 is 0 Å². The molecule has 31 heavy (non-hydrogen) atoms. The highest BCUT2D eigenvalue weighted by molar-refractivity contribution is 5.96. The molecule has 0 bridgehead atoms. The summed E-state index contributed by atoms with van der Waals surface area (Å²) >= 11 is 0. The Bertz CT molecular complexity index is 1070.